The van der Waals surface area contributed by atoms with Gasteiger partial charge in [-0.15, -0.1) is 0 Å². The fraction of sp³-hybridized carbons (Fsp3) is 0.324. The third-order valence-corrected chi connectivity index (χ3v) is 7.37. The van der Waals surface area contributed by atoms with Crippen LogP contribution in [0.5, 0.6) is 11.5 Å². The monoisotopic (exact) mass is 593 g/mol. The SMILES string of the molecule is CCCCCCCCCCOc1ccc(/C=C/C(=O)Oc2ccc(N=Cc3c(C)[nH]n(-c4ccc(C)cc4)c3=O)cc2)cc1. The van der Waals surface area contributed by atoms with Gasteiger partial charge in [0.25, 0.3) is 5.56 Å². The van der Waals surface area contributed by atoms with Crippen molar-refractivity contribution in [3.05, 3.63) is 112 Å². The van der Waals surface area contributed by atoms with Crippen LogP contribution in [-0.2, 0) is 4.79 Å². The third kappa shape index (κ3) is 9.97. The van der Waals surface area contributed by atoms with Crippen molar-refractivity contribution in [2.45, 2.75) is 72.1 Å². The number of nitrogens with zero attached hydrogens (tertiary/aromatic N) is 2. The number of hydrogen-bond donors (Lipinski definition) is 1. The maximum atomic E-state index is 12.9. The van der Waals surface area contributed by atoms with Crippen LogP contribution in [0.15, 0.2) is 88.7 Å². The van der Waals surface area contributed by atoms with E-state index >= 15 is 0 Å². The topological polar surface area (TPSA) is 85.7 Å². The number of aromatic nitrogens is 2. The van der Waals surface area contributed by atoms with E-state index in [9.17, 15) is 9.59 Å². The Hall–Kier alpha value is -4.65. The summed E-state index contributed by atoms with van der Waals surface area (Å²) in [6.45, 7) is 6.81. The number of hydrogen-bond acceptors (Lipinski definition) is 5. The minimum absolute atomic E-state index is 0.173. The Morgan fingerprint density at radius 3 is 2.14 bits per heavy atom. The van der Waals surface area contributed by atoms with E-state index in [0.29, 0.717) is 17.0 Å². The molecule has 0 spiro atoms. The molecule has 0 aliphatic carbocycles. The van der Waals surface area contributed by atoms with Crippen LogP contribution in [0.2, 0.25) is 0 Å². The van der Waals surface area contributed by atoms with Crippen LogP contribution in [0.3, 0.4) is 0 Å². The number of H-pyrrole nitrogens is 1. The number of rotatable bonds is 16. The lowest BCUT2D eigenvalue weighted by Gasteiger charge is -2.06. The Balaban J connectivity index is 1.21. The molecule has 1 aromatic heterocycles. The van der Waals surface area contributed by atoms with Gasteiger partial charge < -0.3 is 9.47 Å². The first-order chi connectivity index (χ1) is 21.4. The molecule has 0 saturated carbocycles. The standard InChI is InChI=1S/C37H43N3O4/c1-4-5-6-7-8-9-10-11-26-43-33-21-14-30(15-22-33)16-25-36(41)44-34-23-17-31(18-24-34)38-27-35-29(3)39-40(37(35)42)32-19-12-28(2)13-20-32/h12-25,27,39H,4-11,26H2,1-3H3/b25-16+,38-27?. The van der Waals surface area contributed by atoms with Crippen LogP contribution in [0.4, 0.5) is 5.69 Å². The Bertz CT molecular complexity index is 1580. The molecule has 0 aliphatic heterocycles. The molecule has 44 heavy (non-hydrogen) atoms. The van der Waals surface area contributed by atoms with E-state index < -0.39 is 5.97 Å². The second-order valence-electron chi connectivity index (χ2n) is 11.0. The summed E-state index contributed by atoms with van der Waals surface area (Å²) in [5.41, 5.74) is 4.43. The number of ether oxygens (including phenoxy) is 2. The van der Waals surface area contributed by atoms with Gasteiger partial charge in [0, 0.05) is 18.0 Å². The number of aromatic amines is 1. The molecule has 0 fully saturated rings. The highest BCUT2D eigenvalue weighted by Gasteiger charge is 2.10. The second kappa shape index (κ2) is 16.8. The molecule has 0 aliphatic rings. The molecule has 3 aromatic carbocycles. The maximum absolute atomic E-state index is 12.9. The Kier molecular flexibility index (Phi) is 12.4. The van der Waals surface area contributed by atoms with Crippen LogP contribution in [0.25, 0.3) is 11.8 Å². The van der Waals surface area contributed by atoms with E-state index in [-0.39, 0.29) is 5.56 Å². The van der Waals surface area contributed by atoms with E-state index in [1.54, 1.807) is 36.6 Å². The summed E-state index contributed by atoms with van der Waals surface area (Å²) in [7, 11) is 0. The fourth-order valence-corrected chi connectivity index (χ4v) is 4.74. The molecule has 1 N–H and O–H groups in total. The van der Waals surface area contributed by atoms with Gasteiger partial charge in [0.1, 0.15) is 11.5 Å². The number of benzene rings is 3. The van der Waals surface area contributed by atoms with E-state index in [2.05, 4.69) is 17.0 Å². The van der Waals surface area contributed by atoms with Gasteiger partial charge in [-0.05, 0) is 80.4 Å². The molecule has 4 aromatic rings. The fourth-order valence-electron chi connectivity index (χ4n) is 4.74. The number of aliphatic imine (C=N–C) groups is 1. The number of aryl methyl sites for hydroxylation is 2. The van der Waals surface area contributed by atoms with Gasteiger partial charge >= 0.3 is 5.97 Å². The first-order valence-corrected chi connectivity index (χ1v) is 15.6. The van der Waals surface area contributed by atoms with Crippen LogP contribution < -0.4 is 15.0 Å². The molecule has 0 saturated heterocycles. The predicted octanol–water partition coefficient (Wildman–Crippen LogP) is 8.67. The van der Waals surface area contributed by atoms with Crippen molar-refractivity contribution in [2.24, 2.45) is 4.99 Å². The lowest BCUT2D eigenvalue weighted by Crippen LogP contribution is -2.17. The highest BCUT2D eigenvalue weighted by molar-refractivity contribution is 5.88. The minimum Gasteiger partial charge on any atom is -0.494 e. The number of esters is 1. The lowest BCUT2D eigenvalue weighted by molar-refractivity contribution is -0.128. The zero-order chi connectivity index (χ0) is 31.1. The van der Waals surface area contributed by atoms with Gasteiger partial charge in [0.2, 0.25) is 0 Å². The minimum atomic E-state index is -0.476. The van der Waals surface area contributed by atoms with Crippen molar-refractivity contribution in [1.82, 2.24) is 9.78 Å². The van der Waals surface area contributed by atoms with Crippen molar-refractivity contribution in [3.8, 4) is 17.2 Å². The number of carbonyl (C=O) groups is 1. The van der Waals surface area contributed by atoms with Gasteiger partial charge in [0.15, 0.2) is 0 Å². The summed E-state index contributed by atoms with van der Waals surface area (Å²) in [6, 6.07) is 22.2. The van der Waals surface area contributed by atoms with Crippen molar-refractivity contribution in [1.29, 1.82) is 0 Å². The third-order valence-electron chi connectivity index (χ3n) is 7.37. The summed E-state index contributed by atoms with van der Waals surface area (Å²) in [6.07, 6.45) is 14.9. The lowest BCUT2D eigenvalue weighted by atomic mass is 10.1. The average molecular weight is 594 g/mol. The average Bonchev–Trinajstić information content (AvgIpc) is 3.32. The first-order valence-electron chi connectivity index (χ1n) is 15.6. The zero-order valence-electron chi connectivity index (χ0n) is 26.1. The molecule has 1 heterocycles. The van der Waals surface area contributed by atoms with Crippen molar-refractivity contribution in [3.63, 3.8) is 0 Å². The van der Waals surface area contributed by atoms with E-state index in [0.717, 1.165) is 41.3 Å². The second-order valence-corrected chi connectivity index (χ2v) is 11.0. The summed E-state index contributed by atoms with van der Waals surface area (Å²) >= 11 is 0. The van der Waals surface area contributed by atoms with Gasteiger partial charge in [-0.1, -0.05) is 81.7 Å². The van der Waals surface area contributed by atoms with Gasteiger partial charge in [0.05, 0.1) is 23.5 Å². The van der Waals surface area contributed by atoms with Crippen molar-refractivity contribution < 1.29 is 14.3 Å². The quantitative estimate of drug-likeness (QED) is 0.0463. The molecule has 7 heteroatoms. The normalized spacial score (nSPS) is 11.4. The van der Waals surface area contributed by atoms with E-state index in [1.807, 2.05) is 62.4 Å². The summed E-state index contributed by atoms with van der Waals surface area (Å²) in [5, 5.41) is 3.10. The van der Waals surface area contributed by atoms with Crippen LogP contribution in [-0.4, -0.2) is 28.6 Å². The van der Waals surface area contributed by atoms with Gasteiger partial charge in [-0.25, -0.2) is 9.48 Å². The van der Waals surface area contributed by atoms with E-state index in [4.69, 9.17) is 9.47 Å². The van der Waals surface area contributed by atoms with Crippen LogP contribution in [0, 0.1) is 13.8 Å². The smallest absolute Gasteiger partial charge is 0.336 e. The Morgan fingerprint density at radius 2 is 1.45 bits per heavy atom. The van der Waals surface area contributed by atoms with Gasteiger partial charge in [-0.3, -0.25) is 14.9 Å². The highest BCUT2D eigenvalue weighted by Crippen LogP contribution is 2.19. The number of nitrogens with one attached hydrogen (secondary N) is 1. The molecule has 230 valence electrons. The molecule has 0 unspecified atom stereocenters. The number of carbonyl (C=O) groups excluding carboxylic acids is 1. The molecular weight excluding hydrogens is 550 g/mol. The zero-order valence-corrected chi connectivity index (χ0v) is 26.1. The molecule has 0 amide bonds. The molecule has 0 bridgehead atoms. The first kappa shape index (κ1) is 32.3. The van der Waals surface area contributed by atoms with Gasteiger partial charge in [-0.2, -0.15) is 0 Å². The largest absolute Gasteiger partial charge is 0.494 e. The molecule has 0 radical (unpaired) electrons. The summed E-state index contributed by atoms with van der Waals surface area (Å²) in [4.78, 5) is 29.7. The van der Waals surface area contributed by atoms with Crippen LogP contribution >= 0.6 is 0 Å². The molecule has 4 rings (SSSR count). The van der Waals surface area contributed by atoms with Crippen molar-refractivity contribution >= 4 is 23.9 Å². The molecule has 0 atom stereocenters. The molecule has 7 nitrogen and oxygen atoms in total. The Morgan fingerprint density at radius 1 is 0.818 bits per heavy atom. The summed E-state index contributed by atoms with van der Waals surface area (Å²) < 4.78 is 12.8. The Labute approximate surface area is 260 Å². The van der Waals surface area contributed by atoms with Crippen molar-refractivity contribution in [2.75, 3.05) is 6.61 Å². The summed E-state index contributed by atoms with van der Waals surface area (Å²) in [5.74, 6) is 0.762. The predicted molar refractivity (Wildman–Crippen MR) is 179 cm³/mol. The van der Waals surface area contributed by atoms with E-state index in [1.165, 1.54) is 55.7 Å². The molecular formula is C37H43N3O4. The maximum Gasteiger partial charge on any atom is 0.336 e. The number of unbranched alkanes of at least 4 members (excludes halogenated alkanes) is 7. The highest BCUT2D eigenvalue weighted by atomic mass is 16.5. The van der Waals surface area contributed by atoms with Crippen LogP contribution in [0.1, 0.15) is 80.7 Å².